The molecule has 0 aliphatic rings. The molecule has 0 aromatic rings. The molecule has 0 aromatic carbocycles. The van der Waals surface area contributed by atoms with Gasteiger partial charge >= 0.3 is 0 Å². The van der Waals surface area contributed by atoms with Crippen LogP contribution in [-0.4, -0.2) is 14.9 Å². The van der Waals surface area contributed by atoms with Gasteiger partial charge in [0.25, 0.3) is 0 Å². The fraction of sp³-hybridized carbons (Fsp3) is 0.750. The summed E-state index contributed by atoms with van der Waals surface area (Å²) < 4.78 is 5.66. The zero-order chi connectivity index (χ0) is 8.20. The maximum atomic E-state index is 5.66. The minimum absolute atomic E-state index is 0.630. The Hall–Kier alpha value is -0.0831. The first-order valence-electron chi connectivity index (χ1n) is 3.84. The summed E-state index contributed by atoms with van der Waals surface area (Å²) >= 11 is 0. The smallest absolute Gasteiger partial charge is 0.215 e. The molecule has 1 atom stereocenters. The summed E-state index contributed by atoms with van der Waals surface area (Å²) in [7, 11) is -1.54. The maximum absolute atomic E-state index is 5.66. The molecule has 0 fully saturated rings. The molecule has 0 aromatic heterocycles. The fourth-order valence-electron chi connectivity index (χ4n) is 0.772. The van der Waals surface area contributed by atoms with Crippen LogP contribution in [0.1, 0.15) is 20.8 Å². The summed E-state index contributed by atoms with van der Waals surface area (Å²) in [4.78, 5) is 0. The van der Waals surface area contributed by atoms with E-state index in [1.807, 2.05) is 12.6 Å². The molecule has 1 unspecified atom stereocenters. The van der Waals surface area contributed by atoms with Gasteiger partial charge in [0.2, 0.25) is 8.32 Å². The second-order valence-electron chi connectivity index (χ2n) is 2.98. The molecular formula is C8H18OSi. The summed E-state index contributed by atoms with van der Waals surface area (Å²) in [5.74, 6) is 0. The number of hydrogen-bond acceptors (Lipinski definition) is 1. The first-order chi connectivity index (χ1) is 4.56. The van der Waals surface area contributed by atoms with E-state index in [1.54, 1.807) is 0 Å². The van der Waals surface area contributed by atoms with Gasteiger partial charge in [0.05, 0.1) is 0 Å². The van der Waals surface area contributed by atoms with Gasteiger partial charge in [0.15, 0.2) is 0 Å². The summed E-state index contributed by atoms with van der Waals surface area (Å²) in [6, 6.07) is 0. The van der Waals surface area contributed by atoms with Crippen molar-refractivity contribution >= 4 is 8.32 Å². The van der Waals surface area contributed by atoms with Crippen molar-refractivity contribution in [1.29, 1.82) is 0 Å². The summed E-state index contributed by atoms with van der Waals surface area (Å²) in [6.45, 7) is 13.3. The van der Waals surface area contributed by atoms with Gasteiger partial charge in [-0.05, 0) is 19.0 Å². The summed E-state index contributed by atoms with van der Waals surface area (Å²) in [6.07, 6.45) is 0. The van der Waals surface area contributed by atoms with Crippen LogP contribution in [-0.2, 0) is 4.43 Å². The van der Waals surface area contributed by atoms with Gasteiger partial charge in [0, 0.05) is 6.61 Å². The molecule has 0 saturated heterocycles. The quantitative estimate of drug-likeness (QED) is 0.572. The Morgan fingerprint density at radius 1 is 1.60 bits per heavy atom. The molecule has 1 nitrogen and oxygen atoms in total. The second kappa shape index (κ2) is 3.94. The lowest BCUT2D eigenvalue weighted by Gasteiger charge is -2.26. The van der Waals surface area contributed by atoms with E-state index in [-0.39, 0.29) is 0 Å². The van der Waals surface area contributed by atoms with Crippen LogP contribution in [0.15, 0.2) is 12.3 Å². The van der Waals surface area contributed by atoms with Crippen molar-refractivity contribution in [2.75, 3.05) is 6.61 Å². The Kier molecular flexibility index (Phi) is 3.90. The van der Waals surface area contributed by atoms with E-state index < -0.39 is 8.32 Å². The van der Waals surface area contributed by atoms with Crippen LogP contribution in [0.25, 0.3) is 0 Å². The van der Waals surface area contributed by atoms with Gasteiger partial charge in [0.1, 0.15) is 0 Å². The number of rotatable bonds is 4. The van der Waals surface area contributed by atoms with Crippen molar-refractivity contribution < 1.29 is 4.43 Å². The normalized spacial score (nSPS) is 16.9. The van der Waals surface area contributed by atoms with Crippen LogP contribution < -0.4 is 0 Å². The Labute approximate surface area is 65.2 Å². The lowest BCUT2D eigenvalue weighted by atomic mass is 10.6. The SMILES string of the molecule is C=C[Si](C)(OCC)C(C)C. The van der Waals surface area contributed by atoms with Crippen molar-refractivity contribution in [2.45, 2.75) is 32.9 Å². The lowest BCUT2D eigenvalue weighted by Crippen LogP contribution is -2.35. The summed E-state index contributed by atoms with van der Waals surface area (Å²) in [5, 5.41) is 0. The zero-order valence-electron chi connectivity index (χ0n) is 7.48. The van der Waals surface area contributed by atoms with E-state index in [9.17, 15) is 0 Å². The molecule has 0 N–H and O–H groups in total. The third kappa shape index (κ3) is 2.27. The fourth-order valence-corrected chi connectivity index (χ4v) is 2.32. The van der Waals surface area contributed by atoms with Crippen LogP contribution >= 0.6 is 0 Å². The van der Waals surface area contributed by atoms with Crippen LogP contribution in [0.2, 0.25) is 12.1 Å². The maximum Gasteiger partial charge on any atom is 0.215 e. The molecule has 0 aliphatic carbocycles. The van der Waals surface area contributed by atoms with Crippen LogP contribution in [0.5, 0.6) is 0 Å². The first-order valence-corrected chi connectivity index (χ1v) is 6.40. The van der Waals surface area contributed by atoms with Gasteiger partial charge in [-0.1, -0.05) is 19.5 Å². The molecule has 0 saturated carbocycles. The topological polar surface area (TPSA) is 9.23 Å². The van der Waals surface area contributed by atoms with Gasteiger partial charge in [-0.2, -0.15) is 0 Å². The minimum Gasteiger partial charge on any atom is -0.413 e. The standard InChI is InChI=1S/C8H18OSi/c1-6-9-10(5,7-2)8(3)4/h7-8H,2,6H2,1,3-5H3. The van der Waals surface area contributed by atoms with E-state index >= 15 is 0 Å². The highest BCUT2D eigenvalue weighted by molar-refractivity contribution is 6.78. The molecule has 60 valence electrons. The monoisotopic (exact) mass is 158 g/mol. The third-order valence-electron chi connectivity index (χ3n) is 2.01. The van der Waals surface area contributed by atoms with E-state index in [4.69, 9.17) is 4.43 Å². The third-order valence-corrected chi connectivity index (χ3v) is 6.02. The van der Waals surface area contributed by atoms with Gasteiger partial charge in [-0.3, -0.25) is 0 Å². The molecule has 10 heavy (non-hydrogen) atoms. The zero-order valence-corrected chi connectivity index (χ0v) is 8.48. The second-order valence-corrected chi connectivity index (χ2v) is 7.19. The van der Waals surface area contributed by atoms with Crippen LogP contribution in [0.3, 0.4) is 0 Å². The molecule has 0 amide bonds. The molecule has 0 bridgehead atoms. The van der Waals surface area contributed by atoms with Crippen LogP contribution in [0.4, 0.5) is 0 Å². The van der Waals surface area contributed by atoms with Crippen LogP contribution in [0, 0.1) is 0 Å². The Morgan fingerprint density at radius 2 is 2.10 bits per heavy atom. The highest BCUT2D eigenvalue weighted by Crippen LogP contribution is 2.22. The van der Waals surface area contributed by atoms with Crippen molar-refractivity contribution in [1.82, 2.24) is 0 Å². The highest BCUT2D eigenvalue weighted by atomic mass is 28.4. The molecule has 0 radical (unpaired) electrons. The number of hydrogen-bond donors (Lipinski definition) is 0. The van der Waals surface area contributed by atoms with Gasteiger partial charge in [-0.15, -0.1) is 6.58 Å². The van der Waals surface area contributed by atoms with E-state index in [0.717, 1.165) is 6.61 Å². The molecule has 0 aliphatic heterocycles. The van der Waals surface area contributed by atoms with Crippen molar-refractivity contribution in [3.63, 3.8) is 0 Å². The molecule has 0 rings (SSSR count). The van der Waals surface area contributed by atoms with E-state index in [2.05, 4.69) is 27.0 Å². The van der Waals surface area contributed by atoms with Gasteiger partial charge < -0.3 is 4.43 Å². The predicted octanol–water partition coefficient (Wildman–Crippen LogP) is 2.73. The lowest BCUT2D eigenvalue weighted by molar-refractivity contribution is 0.327. The van der Waals surface area contributed by atoms with Crippen molar-refractivity contribution in [3.05, 3.63) is 12.3 Å². The average molecular weight is 158 g/mol. The Bertz CT molecular complexity index is 112. The predicted molar refractivity (Wildman–Crippen MR) is 48.5 cm³/mol. The van der Waals surface area contributed by atoms with Crippen molar-refractivity contribution in [3.8, 4) is 0 Å². The molecule has 2 heteroatoms. The van der Waals surface area contributed by atoms with E-state index in [1.165, 1.54) is 0 Å². The highest BCUT2D eigenvalue weighted by Gasteiger charge is 2.28. The average Bonchev–Trinajstić information content (AvgIpc) is 1.88. The largest absolute Gasteiger partial charge is 0.413 e. The Morgan fingerprint density at radius 3 is 2.20 bits per heavy atom. The van der Waals surface area contributed by atoms with Gasteiger partial charge in [-0.25, -0.2) is 0 Å². The molecule has 0 heterocycles. The summed E-state index contributed by atoms with van der Waals surface area (Å²) in [5.41, 5.74) is 2.64. The molecular weight excluding hydrogens is 140 g/mol. The Balaban J connectivity index is 4.08. The minimum atomic E-state index is -1.54. The molecule has 0 spiro atoms. The van der Waals surface area contributed by atoms with E-state index in [0.29, 0.717) is 5.54 Å². The van der Waals surface area contributed by atoms with Crippen molar-refractivity contribution in [2.24, 2.45) is 0 Å². The first kappa shape index (κ1) is 9.92.